The van der Waals surface area contributed by atoms with E-state index < -0.39 is 0 Å². The molecule has 0 fully saturated rings. The number of hydrogen-bond acceptors (Lipinski definition) is 2. The van der Waals surface area contributed by atoms with Gasteiger partial charge in [-0.1, -0.05) is 232 Å². The van der Waals surface area contributed by atoms with E-state index in [9.17, 15) is 0 Å². The number of benzene rings is 1. The van der Waals surface area contributed by atoms with Gasteiger partial charge >= 0.3 is 0 Å². The lowest BCUT2D eigenvalue weighted by Crippen LogP contribution is -2.41. The van der Waals surface area contributed by atoms with Gasteiger partial charge in [-0.15, -0.1) is 0 Å². The molecule has 0 amide bonds. The van der Waals surface area contributed by atoms with Crippen LogP contribution in [0, 0.1) is 0 Å². The second-order valence-electron chi connectivity index (χ2n) is 18.1. The van der Waals surface area contributed by atoms with Gasteiger partial charge in [-0.2, -0.15) is 0 Å². The molecule has 0 bridgehead atoms. The summed E-state index contributed by atoms with van der Waals surface area (Å²) in [6.45, 7) is 21.8. The summed E-state index contributed by atoms with van der Waals surface area (Å²) in [5, 5.41) is 0. The highest BCUT2D eigenvalue weighted by Crippen LogP contribution is 2.26. The maximum Gasteiger partial charge on any atom is 0.0242 e. The average molecular weight is 753 g/mol. The van der Waals surface area contributed by atoms with E-state index in [2.05, 4.69) is 89.5 Å². The largest absolute Gasteiger partial charge is 0.294 e. The summed E-state index contributed by atoms with van der Waals surface area (Å²) in [6, 6.07) is 12.2. The molecule has 0 aromatic heterocycles. The fourth-order valence-electron chi connectivity index (χ4n) is 9.00. The third-order valence-corrected chi connectivity index (χ3v) is 13.0. The van der Waals surface area contributed by atoms with Gasteiger partial charge in [-0.3, -0.25) is 9.80 Å². The van der Waals surface area contributed by atoms with Crippen LogP contribution in [0.15, 0.2) is 24.3 Å². The van der Waals surface area contributed by atoms with Crippen molar-refractivity contribution in [3.8, 4) is 0 Å². The third kappa shape index (κ3) is 26.1. The molecule has 0 heterocycles. The second kappa shape index (κ2) is 36.5. The van der Waals surface area contributed by atoms with Crippen molar-refractivity contribution in [3.05, 3.63) is 35.4 Å². The van der Waals surface area contributed by atoms with Gasteiger partial charge in [0.1, 0.15) is 0 Å². The SMILES string of the molecule is CCCCCCCCCC(C)N(Cc1ccccc1CN(C(C)CCCCCCCCC)C(C)CCCCCCCCC)C(C)CCCCCCCCC. The molecule has 0 spiro atoms. The maximum absolute atomic E-state index is 2.93. The molecule has 1 aromatic carbocycles. The van der Waals surface area contributed by atoms with Crippen molar-refractivity contribution in [1.29, 1.82) is 0 Å². The van der Waals surface area contributed by atoms with Crippen LogP contribution in [0.2, 0.25) is 0 Å². The van der Waals surface area contributed by atoms with Gasteiger partial charge in [-0.05, 0) is 64.5 Å². The minimum atomic E-state index is 0.636. The Balaban J connectivity index is 3.05. The summed E-state index contributed by atoms with van der Waals surface area (Å²) in [7, 11) is 0. The molecule has 1 aromatic rings. The van der Waals surface area contributed by atoms with E-state index in [1.807, 2.05) is 0 Å². The molecule has 1 rings (SSSR count). The highest BCUT2D eigenvalue weighted by atomic mass is 15.2. The van der Waals surface area contributed by atoms with E-state index in [1.165, 1.54) is 205 Å². The van der Waals surface area contributed by atoms with Crippen molar-refractivity contribution in [2.75, 3.05) is 0 Å². The molecule has 0 radical (unpaired) electrons. The summed E-state index contributed by atoms with van der Waals surface area (Å²) in [4.78, 5) is 5.86. The highest BCUT2D eigenvalue weighted by molar-refractivity contribution is 5.27. The number of hydrogen-bond donors (Lipinski definition) is 0. The number of rotatable bonds is 40. The first-order valence-corrected chi connectivity index (χ1v) is 25.0. The van der Waals surface area contributed by atoms with Gasteiger partial charge in [0.15, 0.2) is 0 Å². The normalized spacial score (nSPS) is 14.3. The van der Waals surface area contributed by atoms with Crippen LogP contribution in [0.25, 0.3) is 0 Å². The van der Waals surface area contributed by atoms with Crippen molar-refractivity contribution in [1.82, 2.24) is 9.80 Å². The Hall–Kier alpha value is -0.860. The van der Waals surface area contributed by atoms with Crippen molar-refractivity contribution in [2.24, 2.45) is 0 Å². The molecule has 2 heteroatoms. The van der Waals surface area contributed by atoms with Crippen LogP contribution in [-0.4, -0.2) is 34.0 Å². The quantitative estimate of drug-likeness (QED) is 0.0616. The lowest BCUT2D eigenvalue weighted by atomic mass is 9.97. The zero-order valence-electron chi connectivity index (χ0n) is 38.6. The van der Waals surface area contributed by atoms with E-state index in [4.69, 9.17) is 0 Å². The van der Waals surface area contributed by atoms with Gasteiger partial charge in [-0.25, -0.2) is 0 Å². The summed E-state index contributed by atoms with van der Waals surface area (Å²) >= 11 is 0. The van der Waals surface area contributed by atoms with E-state index in [-0.39, 0.29) is 0 Å². The Morgan fingerprint density at radius 3 is 0.741 bits per heavy atom. The molecule has 54 heavy (non-hydrogen) atoms. The van der Waals surface area contributed by atoms with E-state index in [0.29, 0.717) is 24.2 Å². The Labute approximate surface area is 342 Å². The monoisotopic (exact) mass is 753 g/mol. The minimum Gasteiger partial charge on any atom is -0.294 e. The fourth-order valence-corrected chi connectivity index (χ4v) is 9.00. The topological polar surface area (TPSA) is 6.48 Å². The molecule has 0 saturated heterocycles. The summed E-state index contributed by atoms with van der Waals surface area (Å²) < 4.78 is 0. The Bertz CT molecular complexity index is 790. The van der Waals surface area contributed by atoms with E-state index in [1.54, 1.807) is 11.1 Å². The Morgan fingerprint density at radius 1 is 0.315 bits per heavy atom. The molecule has 4 atom stereocenters. The first-order chi connectivity index (χ1) is 26.4. The van der Waals surface area contributed by atoms with Crippen LogP contribution in [0.1, 0.15) is 272 Å². The van der Waals surface area contributed by atoms with Crippen molar-refractivity contribution in [2.45, 2.75) is 298 Å². The van der Waals surface area contributed by atoms with Crippen molar-refractivity contribution >= 4 is 0 Å². The molecule has 0 N–H and O–H groups in total. The Kier molecular flexibility index (Phi) is 34.6. The van der Waals surface area contributed by atoms with Crippen molar-refractivity contribution < 1.29 is 0 Å². The smallest absolute Gasteiger partial charge is 0.0242 e. The standard InChI is InChI=1S/C52H100N2/c1-9-13-17-21-25-29-33-39-47(5)53(48(6)40-34-30-26-22-18-14-10-2)45-51-43-37-38-44-52(51)46-54(49(7)41-35-31-27-23-19-15-11-3)50(8)42-36-32-28-24-20-16-12-4/h37-38,43-44,47-50H,9-36,39-42,45-46H2,1-8H3. The molecule has 318 valence electrons. The lowest BCUT2D eigenvalue weighted by Gasteiger charge is -2.38. The third-order valence-electron chi connectivity index (χ3n) is 13.0. The summed E-state index contributed by atoms with van der Waals surface area (Å²) in [5.74, 6) is 0. The van der Waals surface area contributed by atoms with Crippen LogP contribution in [0.3, 0.4) is 0 Å². The van der Waals surface area contributed by atoms with Gasteiger partial charge in [0.05, 0.1) is 0 Å². The van der Waals surface area contributed by atoms with Gasteiger partial charge in [0, 0.05) is 37.3 Å². The Morgan fingerprint density at radius 2 is 0.519 bits per heavy atom. The zero-order valence-corrected chi connectivity index (χ0v) is 38.6. The predicted molar refractivity (Wildman–Crippen MR) is 246 cm³/mol. The van der Waals surface area contributed by atoms with Crippen LogP contribution in [0.5, 0.6) is 0 Å². The molecule has 0 aliphatic carbocycles. The molecule has 2 nitrogen and oxygen atoms in total. The van der Waals surface area contributed by atoms with Gasteiger partial charge < -0.3 is 0 Å². The number of nitrogens with zero attached hydrogens (tertiary/aromatic N) is 2. The molecule has 0 aliphatic heterocycles. The lowest BCUT2D eigenvalue weighted by molar-refractivity contribution is 0.117. The molecule has 0 aliphatic rings. The highest BCUT2D eigenvalue weighted by Gasteiger charge is 2.24. The zero-order chi connectivity index (χ0) is 39.5. The van der Waals surface area contributed by atoms with Gasteiger partial charge in [0.25, 0.3) is 0 Å². The van der Waals surface area contributed by atoms with E-state index >= 15 is 0 Å². The van der Waals surface area contributed by atoms with Crippen molar-refractivity contribution in [3.63, 3.8) is 0 Å². The molecule has 0 saturated carbocycles. The predicted octanol–water partition coefficient (Wildman–Crippen LogP) is 17.4. The summed E-state index contributed by atoms with van der Waals surface area (Å²) in [6.07, 6.45) is 44.7. The second-order valence-corrected chi connectivity index (χ2v) is 18.1. The molecular formula is C52H100N2. The average Bonchev–Trinajstić information content (AvgIpc) is 3.17. The van der Waals surface area contributed by atoms with Crippen LogP contribution >= 0.6 is 0 Å². The van der Waals surface area contributed by atoms with Crippen LogP contribution in [-0.2, 0) is 13.1 Å². The summed E-state index contributed by atoms with van der Waals surface area (Å²) in [5.41, 5.74) is 3.18. The first-order valence-electron chi connectivity index (χ1n) is 25.0. The molecular weight excluding hydrogens is 653 g/mol. The van der Waals surface area contributed by atoms with Crippen LogP contribution < -0.4 is 0 Å². The first kappa shape index (κ1) is 51.2. The van der Waals surface area contributed by atoms with E-state index in [0.717, 1.165) is 13.1 Å². The van der Waals surface area contributed by atoms with Crippen LogP contribution in [0.4, 0.5) is 0 Å². The van der Waals surface area contributed by atoms with Gasteiger partial charge in [0.2, 0.25) is 0 Å². The molecule has 4 unspecified atom stereocenters. The number of unbranched alkanes of at least 4 members (excludes halogenated alkanes) is 24. The maximum atomic E-state index is 2.93. The minimum absolute atomic E-state index is 0.636. The fraction of sp³-hybridized carbons (Fsp3) is 0.885.